The summed E-state index contributed by atoms with van der Waals surface area (Å²) >= 11 is 0. The van der Waals surface area contributed by atoms with Gasteiger partial charge in [-0.05, 0) is 40.0 Å². The summed E-state index contributed by atoms with van der Waals surface area (Å²) < 4.78 is 10.1. The van der Waals surface area contributed by atoms with Crippen LogP contribution in [0.15, 0.2) is 4.52 Å². The fraction of sp³-hybridized carbons (Fsp3) is 0.688. The van der Waals surface area contributed by atoms with Crippen molar-refractivity contribution in [2.75, 3.05) is 19.7 Å². The first-order chi connectivity index (χ1) is 11.0. The van der Waals surface area contributed by atoms with Crippen LogP contribution in [-0.4, -0.2) is 47.8 Å². The Morgan fingerprint density at radius 3 is 2.61 bits per heavy atom. The number of hydrogen-bond acceptors (Lipinski definition) is 5. The highest BCUT2D eigenvalue weighted by Gasteiger charge is 2.24. The van der Waals surface area contributed by atoms with Crippen molar-refractivity contribution >= 4 is 12.0 Å². The number of aromatic nitrogens is 1. The molecule has 1 N–H and O–H groups in total. The van der Waals surface area contributed by atoms with Crippen LogP contribution in [0.5, 0.6) is 0 Å². The zero-order valence-electron chi connectivity index (χ0n) is 14.1. The van der Waals surface area contributed by atoms with Crippen LogP contribution in [0.25, 0.3) is 0 Å². The van der Waals surface area contributed by atoms with E-state index in [2.05, 4.69) is 10.5 Å². The lowest BCUT2D eigenvalue weighted by Gasteiger charge is -2.31. The number of nitrogens with zero attached hydrogens (tertiary/aromatic N) is 2. The maximum atomic E-state index is 12.1. The standard InChI is InChI=1S/C16H25N3O4/c1-4-22-16(21)19-9-7-13(8-10-19)17-15(20)6-5-14-11(2)18-23-12(14)3/h13H,4-10H2,1-3H3,(H,17,20). The van der Waals surface area contributed by atoms with Crippen molar-refractivity contribution in [3.63, 3.8) is 0 Å². The fourth-order valence-electron chi connectivity index (χ4n) is 2.82. The average Bonchev–Trinajstić information content (AvgIpc) is 2.85. The first kappa shape index (κ1) is 17.3. The van der Waals surface area contributed by atoms with E-state index in [-0.39, 0.29) is 18.0 Å². The molecule has 0 radical (unpaired) electrons. The van der Waals surface area contributed by atoms with E-state index in [1.807, 2.05) is 13.8 Å². The summed E-state index contributed by atoms with van der Waals surface area (Å²) in [7, 11) is 0. The molecule has 7 nitrogen and oxygen atoms in total. The highest BCUT2D eigenvalue weighted by Crippen LogP contribution is 2.15. The van der Waals surface area contributed by atoms with Crippen molar-refractivity contribution in [2.45, 2.75) is 52.5 Å². The van der Waals surface area contributed by atoms with Gasteiger partial charge in [0.25, 0.3) is 0 Å². The minimum absolute atomic E-state index is 0.0274. The van der Waals surface area contributed by atoms with Gasteiger partial charge in [-0.1, -0.05) is 5.16 Å². The molecule has 0 bridgehead atoms. The molecule has 2 heterocycles. The van der Waals surface area contributed by atoms with Gasteiger partial charge in [0.1, 0.15) is 5.76 Å². The molecule has 128 valence electrons. The van der Waals surface area contributed by atoms with Crippen molar-refractivity contribution in [1.82, 2.24) is 15.4 Å². The molecule has 23 heavy (non-hydrogen) atoms. The van der Waals surface area contributed by atoms with Crippen molar-refractivity contribution in [1.29, 1.82) is 0 Å². The zero-order chi connectivity index (χ0) is 16.8. The fourth-order valence-corrected chi connectivity index (χ4v) is 2.82. The molecule has 0 unspecified atom stereocenters. The summed E-state index contributed by atoms with van der Waals surface area (Å²) in [6.07, 6.45) is 2.30. The lowest BCUT2D eigenvalue weighted by atomic mass is 10.0. The third-order valence-corrected chi connectivity index (χ3v) is 4.17. The molecule has 1 aromatic rings. The number of piperidine rings is 1. The van der Waals surface area contributed by atoms with Gasteiger partial charge in [0, 0.05) is 31.1 Å². The Labute approximate surface area is 136 Å². The largest absolute Gasteiger partial charge is 0.450 e. The van der Waals surface area contributed by atoms with Gasteiger partial charge in [-0.2, -0.15) is 0 Å². The highest BCUT2D eigenvalue weighted by atomic mass is 16.6. The first-order valence-electron chi connectivity index (χ1n) is 8.14. The van der Waals surface area contributed by atoms with E-state index in [1.54, 1.807) is 11.8 Å². The van der Waals surface area contributed by atoms with Crippen LogP contribution in [0.4, 0.5) is 4.79 Å². The summed E-state index contributed by atoms with van der Waals surface area (Å²) in [5.41, 5.74) is 1.86. The molecule has 1 fully saturated rings. The van der Waals surface area contributed by atoms with Crippen molar-refractivity contribution in [2.24, 2.45) is 0 Å². The molecule has 0 aliphatic carbocycles. The molecular weight excluding hydrogens is 298 g/mol. The number of rotatable bonds is 5. The lowest BCUT2D eigenvalue weighted by Crippen LogP contribution is -2.46. The van der Waals surface area contributed by atoms with Crippen LogP contribution in [0.3, 0.4) is 0 Å². The number of aryl methyl sites for hydroxylation is 2. The second-order valence-corrected chi connectivity index (χ2v) is 5.83. The Hall–Kier alpha value is -2.05. The second-order valence-electron chi connectivity index (χ2n) is 5.83. The van der Waals surface area contributed by atoms with E-state index >= 15 is 0 Å². The molecule has 2 amide bonds. The number of hydrogen-bond donors (Lipinski definition) is 1. The molecule has 1 aliphatic rings. The Morgan fingerprint density at radius 1 is 1.35 bits per heavy atom. The quantitative estimate of drug-likeness (QED) is 0.895. The first-order valence-corrected chi connectivity index (χ1v) is 8.14. The number of carbonyl (C=O) groups excluding carboxylic acids is 2. The maximum absolute atomic E-state index is 12.1. The number of nitrogens with one attached hydrogen (secondary N) is 1. The Bertz CT molecular complexity index is 528. The van der Waals surface area contributed by atoms with Crippen LogP contribution < -0.4 is 5.32 Å². The van der Waals surface area contributed by atoms with Crippen LogP contribution in [0, 0.1) is 13.8 Å². The van der Waals surface area contributed by atoms with Crippen LogP contribution in [0.2, 0.25) is 0 Å². The van der Waals surface area contributed by atoms with Crippen LogP contribution >= 0.6 is 0 Å². The van der Waals surface area contributed by atoms with Gasteiger partial charge >= 0.3 is 6.09 Å². The van der Waals surface area contributed by atoms with Gasteiger partial charge in [0.2, 0.25) is 5.91 Å². The summed E-state index contributed by atoms with van der Waals surface area (Å²) in [4.78, 5) is 25.4. The summed E-state index contributed by atoms with van der Waals surface area (Å²) in [5.74, 6) is 0.803. The highest BCUT2D eigenvalue weighted by molar-refractivity contribution is 5.76. The molecule has 2 rings (SSSR count). The van der Waals surface area contributed by atoms with Gasteiger partial charge in [0.15, 0.2) is 0 Å². The summed E-state index contributed by atoms with van der Waals surface area (Å²) in [5, 5.41) is 6.94. The molecule has 0 spiro atoms. The molecule has 1 aromatic heterocycles. The SMILES string of the molecule is CCOC(=O)N1CCC(NC(=O)CCc2c(C)noc2C)CC1. The van der Waals surface area contributed by atoms with Crippen LogP contribution in [0.1, 0.15) is 43.2 Å². The Balaban J connectivity index is 1.72. The average molecular weight is 323 g/mol. The lowest BCUT2D eigenvalue weighted by molar-refractivity contribution is -0.122. The summed E-state index contributed by atoms with van der Waals surface area (Å²) in [6, 6.07) is 0.123. The van der Waals surface area contributed by atoms with E-state index in [4.69, 9.17) is 9.26 Å². The minimum atomic E-state index is -0.268. The third kappa shape index (κ3) is 4.71. The van der Waals surface area contributed by atoms with E-state index in [0.717, 1.165) is 29.9 Å². The van der Waals surface area contributed by atoms with E-state index in [1.165, 1.54) is 0 Å². The summed E-state index contributed by atoms with van der Waals surface area (Å²) in [6.45, 7) is 7.16. The number of amides is 2. The molecule has 0 saturated carbocycles. The molecule has 1 aliphatic heterocycles. The number of carbonyl (C=O) groups is 2. The van der Waals surface area contributed by atoms with Crippen molar-refractivity contribution in [3.05, 3.63) is 17.0 Å². The van der Waals surface area contributed by atoms with Gasteiger partial charge < -0.3 is 19.5 Å². The third-order valence-electron chi connectivity index (χ3n) is 4.17. The molecule has 0 atom stereocenters. The van der Waals surface area contributed by atoms with E-state index < -0.39 is 0 Å². The van der Waals surface area contributed by atoms with Gasteiger partial charge in [-0.15, -0.1) is 0 Å². The Kier molecular flexibility index (Phi) is 6.01. The minimum Gasteiger partial charge on any atom is -0.450 e. The topological polar surface area (TPSA) is 84.7 Å². The van der Waals surface area contributed by atoms with Gasteiger partial charge in [0.05, 0.1) is 12.3 Å². The predicted molar refractivity (Wildman–Crippen MR) is 84.1 cm³/mol. The van der Waals surface area contributed by atoms with Gasteiger partial charge in [-0.3, -0.25) is 4.79 Å². The van der Waals surface area contributed by atoms with Crippen molar-refractivity contribution < 1.29 is 18.8 Å². The van der Waals surface area contributed by atoms with Crippen LogP contribution in [-0.2, 0) is 16.0 Å². The van der Waals surface area contributed by atoms with E-state index in [0.29, 0.717) is 32.5 Å². The molecule has 1 saturated heterocycles. The maximum Gasteiger partial charge on any atom is 0.409 e. The predicted octanol–water partition coefficient (Wildman–Crippen LogP) is 1.96. The number of ether oxygens (including phenoxy) is 1. The number of likely N-dealkylation sites (tertiary alicyclic amines) is 1. The van der Waals surface area contributed by atoms with Crippen molar-refractivity contribution in [3.8, 4) is 0 Å². The second kappa shape index (κ2) is 7.99. The van der Waals surface area contributed by atoms with Gasteiger partial charge in [-0.25, -0.2) is 4.79 Å². The smallest absolute Gasteiger partial charge is 0.409 e. The molecule has 7 heteroatoms. The van der Waals surface area contributed by atoms with E-state index in [9.17, 15) is 9.59 Å². The monoisotopic (exact) mass is 323 g/mol. The zero-order valence-corrected chi connectivity index (χ0v) is 14.1. The normalized spacial score (nSPS) is 15.5. The molecular formula is C16H25N3O4. The Morgan fingerprint density at radius 2 is 2.04 bits per heavy atom. The molecule has 0 aromatic carbocycles.